The highest BCUT2D eigenvalue weighted by atomic mass is 32.2. The molecule has 0 radical (unpaired) electrons. The van der Waals surface area contributed by atoms with Crippen molar-refractivity contribution in [1.82, 2.24) is 14.5 Å². The lowest BCUT2D eigenvalue weighted by Gasteiger charge is -2.32. The van der Waals surface area contributed by atoms with E-state index in [1.807, 2.05) is 6.92 Å². The van der Waals surface area contributed by atoms with Crippen molar-refractivity contribution in [2.24, 2.45) is 0 Å². The number of carbonyl (C=O) groups is 1. The number of hydrogen-bond acceptors (Lipinski definition) is 4. The number of H-pyrrole nitrogens is 1. The summed E-state index contributed by atoms with van der Waals surface area (Å²) in [5.41, 5.74) is -0.216. The van der Waals surface area contributed by atoms with Crippen molar-refractivity contribution in [3.63, 3.8) is 0 Å². The summed E-state index contributed by atoms with van der Waals surface area (Å²) in [6, 6.07) is 2.63. The number of hydrogen-bond donors (Lipinski definition) is 2. The highest BCUT2D eigenvalue weighted by Crippen LogP contribution is 2.46. The summed E-state index contributed by atoms with van der Waals surface area (Å²) in [5, 5.41) is 9.73. The van der Waals surface area contributed by atoms with Crippen LogP contribution in [0, 0.1) is 5.82 Å². The van der Waals surface area contributed by atoms with E-state index in [0.29, 0.717) is 16.4 Å². The first-order valence-electron chi connectivity index (χ1n) is 6.80. The van der Waals surface area contributed by atoms with E-state index < -0.39 is 17.2 Å². The Hall–Kier alpha value is -2.61. The van der Waals surface area contributed by atoms with Gasteiger partial charge in [0.2, 0.25) is 5.43 Å². The minimum Gasteiger partial charge on any atom is -0.477 e. The predicted molar refractivity (Wildman–Crippen MR) is 83.3 cm³/mol. The average molecular weight is 331 g/mol. The van der Waals surface area contributed by atoms with Crippen LogP contribution in [-0.2, 0) is 0 Å². The van der Waals surface area contributed by atoms with E-state index in [0.717, 1.165) is 6.07 Å². The summed E-state index contributed by atoms with van der Waals surface area (Å²) in [6.07, 6.45) is 3.09. The molecule has 2 aromatic heterocycles. The largest absolute Gasteiger partial charge is 0.477 e. The number of aromatic nitrogens is 3. The van der Waals surface area contributed by atoms with E-state index >= 15 is 0 Å². The van der Waals surface area contributed by atoms with E-state index in [1.165, 1.54) is 24.0 Å². The fraction of sp³-hybridized carbons (Fsp3) is 0.133. The number of carboxylic acid groups (broad SMARTS) is 1. The lowest BCUT2D eigenvalue weighted by atomic mass is 10.1. The number of carboxylic acids is 1. The fourth-order valence-electron chi connectivity index (χ4n) is 2.83. The molecular formula is C15H10FN3O3S. The Morgan fingerprint density at radius 1 is 1.48 bits per heavy atom. The Kier molecular flexibility index (Phi) is 2.86. The van der Waals surface area contributed by atoms with Crippen molar-refractivity contribution in [2.75, 3.05) is 0 Å². The molecule has 8 heteroatoms. The van der Waals surface area contributed by atoms with Gasteiger partial charge in [0.15, 0.2) is 0 Å². The number of pyridine rings is 1. The van der Waals surface area contributed by atoms with Crippen LogP contribution in [0.25, 0.3) is 22.3 Å². The van der Waals surface area contributed by atoms with Crippen LogP contribution in [0.2, 0.25) is 0 Å². The maximum atomic E-state index is 14.4. The van der Waals surface area contributed by atoms with Gasteiger partial charge in [-0.2, -0.15) is 0 Å². The molecule has 4 rings (SSSR count). The number of aromatic amines is 1. The smallest absolute Gasteiger partial charge is 0.342 e. The molecule has 0 saturated carbocycles. The molecule has 0 spiro atoms. The number of rotatable bonds is 2. The predicted octanol–water partition coefficient (Wildman–Crippen LogP) is 2.85. The van der Waals surface area contributed by atoms with Crippen LogP contribution < -0.4 is 5.43 Å². The molecule has 3 aromatic rings. The van der Waals surface area contributed by atoms with Crippen molar-refractivity contribution in [1.29, 1.82) is 0 Å². The Morgan fingerprint density at radius 2 is 2.26 bits per heavy atom. The third kappa shape index (κ3) is 1.84. The van der Waals surface area contributed by atoms with Crippen LogP contribution in [-0.4, -0.2) is 25.6 Å². The number of nitrogens with one attached hydrogen (secondary N) is 1. The quantitative estimate of drug-likeness (QED) is 0.754. The minimum atomic E-state index is -1.30. The molecule has 1 atom stereocenters. The molecule has 0 saturated heterocycles. The van der Waals surface area contributed by atoms with Gasteiger partial charge in [-0.15, -0.1) is 0 Å². The highest BCUT2D eigenvalue weighted by Gasteiger charge is 2.33. The molecule has 1 aliphatic rings. The molecule has 0 amide bonds. The molecule has 0 aliphatic carbocycles. The summed E-state index contributed by atoms with van der Waals surface area (Å²) >= 11 is 1.31. The lowest BCUT2D eigenvalue weighted by molar-refractivity contribution is 0.0689. The number of halogens is 1. The Morgan fingerprint density at radius 3 is 2.87 bits per heavy atom. The molecule has 23 heavy (non-hydrogen) atoms. The Labute approximate surface area is 133 Å². The summed E-state index contributed by atoms with van der Waals surface area (Å²) in [7, 11) is 0. The van der Waals surface area contributed by atoms with E-state index in [1.54, 1.807) is 10.8 Å². The van der Waals surface area contributed by atoms with Crippen molar-refractivity contribution >= 4 is 28.6 Å². The first kappa shape index (κ1) is 14.0. The van der Waals surface area contributed by atoms with Gasteiger partial charge in [0.05, 0.1) is 21.5 Å². The second-order valence-corrected chi connectivity index (χ2v) is 6.49. The van der Waals surface area contributed by atoms with Crippen molar-refractivity contribution in [2.45, 2.75) is 17.3 Å². The summed E-state index contributed by atoms with van der Waals surface area (Å²) in [4.78, 5) is 30.7. The van der Waals surface area contributed by atoms with Crippen LogP contribution >= 0.6 is 11.8 Å². The molecule has 2 N–H and O–H groups in total. The molecule has 6 nitrogen and oxygen atoms in total. The van der Waals surface area contributed by atoms with Crippen LogP contribution in [0.1, 0.15) is 22.7 Å². The fourth-order valence-corrected chi connectivity index (χ4v) is 3.98. The zero-order chi connectivity index (χ0) is 16.3. The van der Waals surface area contributed by atoms with Crippen molar-refractivity contribution in [3.8, 4) is 11.4 Å². The highest BCUT2D eigenvalue weighted by molar-refractivity contribution is 8.00. The maximum Gasteiger partial charge on any atom is 0.342 e. The van der Waals surface area contributed by atoms with Crippen LogP contribution in [0.15, 0.2) is 34.3 Å². The number of benzene rings is 1. The monoisotopic (exact) mass is 331 g/mol. The number of fused-ring (bicyclic) bond motifs is 3. The summed E-state index contributed by atoms with van der Waals surface area (Å²) in [5.74, 6) is -1.57. The number of imidazole rings is 1. The molecule has 0 fully saturated rings. The van der Waals surface area contributed by atoms with Gasteiger partial charge in [0, 0.05) is 17.8 Å². The summed E-state index contributed by atoms with van der Waals surface area (Å²) < 4.78 is 16.1. The molecule has 1 unspecified atom stereocenters. The van der Waals surface area contributed by atoms with Crippen LogP contribution in [0.3, 0.4) is 0 Å². The Bertz CT molecular complexity index is 1030. The van der Waals surface area contributed by atoms with Crippen molar-refractivity contribution in [3.05, 3.63) is 46.1 Å². The second-order valence-electron chi connectivity index (χ2n) is 5.19. The molecule has 1 aliphatic heterocycles. The number of thioether (sulfide) groups is 1. The molecule has 1 aromatic carbocycles. The zero-order valence-corrected chi connectivity index (χ0v) is 12.6. The summed E-state index contributed by atoms with van der Waals surface area (Å²) in [6.45, 7) is 1.89. The SMILES string of the molecule is CC1Sc2c(C(=O)O)c(=O)c3cc(F)c(-c4ncc[nH]4)cc3n21. The number of aromatic carboxylic acids is 1. The first-order chi connectivity index (χ1) is 11.0. The first-order valence-corrected chi connectivity index (χ1v) is 7.68. The zero-order valence-electron chi connectivity index (χ0n) is 11.8. The Balaban J connectivity index is 2.13. The molecule has 0 bridgehead atoms. The van der Waals surface area contributed by atoms with Crippen LogP contribution in [0.4, 0.5) is 4.39 Å². The van der Waals surface area contributed by atoms with Gasteiger partial charge in [-0.3, -0.25) is 4.79 Å². The van der Waals surface area contributed by atoms with Gasteiger partial charge < -0.3 is 14.7 Å². The normalized spacial score (nSPS) is 16.2. The maximum absolute atomic E-state index is 14.4. The lowest BCUT2D eigenvalue weighted by Crippen LogP contribution is -2.28. The topological polar surface area (TPSA) is 88.0 Å². The molecule has 3 heterocycles. The van der Waals surface area contributed by atoms with E-state index in [4.69, 9.17) is 0 Å². The van der Waals surface area contributed by atoms with Crippen LogP contribution in [0.5, 0.6) is 0 Å². The molecule has 116 valence electrons. The van der Waals surface area contributed by atoms with Gasteiger partial charge in [0.25, 0.3) is 0 Å². The van der Waals surface area contributed by atoms with Gasteiger partial charge >= 0.3 is 5.97 Å². The van der Waals surface area contributed by atoms with E-state index in [2.05, 4.69) is 9.97 Å². The van der Waals surface area contributed by atoms with Gasteiger partial charge in [-0.1, -0.05) is 11.8 Å². The van der Waals surface area contributed by atoms with Gasteiger partial charge in [-0.05, 0) is 19.1 Å². The average Bonchev–Trinajstić information content (AvgIpc) is 3.00. The minimum absolute atomic E-state index is 0.0267. The van der Waals surface area contributed by atoms with Gasteiger partial charge in [0.1, 0.15) is 17.2 Å². The van der Waals surface area contributed by atoms with Crippen molar-refractivity contribution < 1.29 is 14.3 Å². The molecular weight excluding hydrogens is 321 g/mol. The third-order valence-corrected chi connectivity index (χ3v) is 5.04. The van der Waals surface area contributed by atoms with Gasteiger partial charge in [-0.25, -0.2) is 14.2 Å². The standard InChI is InChI=1S/C15H10FN3O3S/c1-6-19-10-5-7(13-17-2-3-18-13)9(16)4-8(10)12(20)11(15(21)22)14(19)23-6/h2-6H,1H3,(H,17,18)(H,21,22). The second kappa shape index (κ2) is 4.69. The van der Waals surface area contributed by atoms with E-state index in [9.17, 15) is 19.1 Å². The third-order valence-electron chi connectivity index (χ3n) is 3.86. The number of nitrogens with zero attached hydrogens (tertiary/aromatic N) is 2. The van der Waals surface area contributed by atoms with E-state index in [-0.39, 0.29) is 21.9 Å².